The Morgan fingerprint density at radius 3 is 2.44 bits per heavy atom. The molecule has 1 heterocycles. The zero-order chi connectivity index (χ0) is 23.6. The smallest absolute Gasteiger partial charge is 0.308 e. The van der Waals surface area contributed by atoms with E-state index in [0.29, 0.717) is 18.0 Å². The van der Waals surface area contributed by atoms with Crippen LogP contribution < -0.4 is 15.8 Å². The lowest BCUT2D eigenvalue weighted by molar-refractivity contribution is -0.132. The molecule has 168 valence electrons. The maximum atomic E-state index is 12.1. The van der Waals surface area contributed by atoms with Crippen LogP contribution >= 0.6 is 0 Å². The minimum Gasteiger partial charge on any atom is -0.426 e. The number of aromatic nitrogens is 1. The molecule has 0 unspecified atom stereocenters. The lowest BCUT2D eigenvalue weighted by atomic mass is 9.99. The number of carbonyl (C=O) groups excluding carboxylic acids is 3. The van der Waals surface area contributed by atoms with Gasteiger partial charge in [0.05, 0.1) is 11.2 Å². The fourth-order valence-corrected chi connectivity index (χ4v) is 3.93. The average Bonchev–Trinajstić information content (AvgIpc) is 3.01. The van der Waals surface area contributed by atoms with Crippen LogP contribution in [0.3, 0.4) is 0 Å². The second-order valence-corrected chi connectivity index (χ2v) is 8.38. The van der Waals surface area contributed by atoms with Gasteiger partial charge in [0, 0.05) is 24.5 Å². The van der Waals surface area contributed by atoms with Crippen LogP contribution in [0.25, 0.3) is 10.9 Å². The molecule has 2 amide bonds. The van der Waals surface area contributed by atoms with Crippen molar-refractivity contribution in [1.29, 1.82) is 0 Å². The number of benzene rings is 2. The summed E-state index contributed by atoms with van der Waals surface area (Å²) in [7, 11) is 0. The highest BCUT2D eigenvalue weighted by atomic mass is 16.5. The number of anilines is 1. The highest BCUT2D eigenvalue weighted by Gasteiger charge is 2.16. The van der Waals surface area contributed by atoms with Gasteiger partial charge < -0.3 is 20.4 Å². The van der Waals surface area contributed by atoms with Gasteiger partial charge in [-0.3, -0.25) is 14.4 Å². The molecular formula is C25H29N3O4. The lowest BCUT2D eigenvalue weighted by Crippen LogP contribution is -2.21. The monoisotopic (exact) mass is 435 g/mol. The fraction of sp³-hybridized carbons (Fsp3) is 0.320. The Hall–Kier alpha value is -3.61. The number of primary amides is 1. The van der Waals surface area contributed by atoms with E-state index in [1.165, 1.54) is 6.92 Å². The molecule has 0 saturated carbocycles. The highest BCUT2D eigenvalue weighted by Crippen LogP contribution is 2.32. The summed E-state index contributed by atoms with van der Waals surface area (Å²) in [5, 5.41) is 3.70. The van der Waals surface area contributed by atoms with Crippen LogP contribution in [0.15, 0.2) is 36.4 Å². The topological polar surface area (TPSA) is 103 Å². The first-order chi connectivity index (χ1) is 15.1. The minimum atomic E-state index is -0.669. The zero-order valence-corrected chi connectivity index (χ0v) is 19.1. The van der Waals surface area contributed by atoms with E-state index in [9.17, 15) is 14.4 Å². The van der Waals surface area contributed by atoms with Gasteiger partial charge in [-0.15, -0.1) is 0 Å². The summed E-state index contributed by atoms with van der Waals surface area (Å²) in [6, 6.07) is 11.7. The Bertz CT molecular complexity index is 1210. The Morgan fingerprint density at radius 1 is 1.09 bits per heavy atom. The van der Waals surface area contributed by atoms with Crippen molar-refractivity contribution in [2.24, 2.45) is 5.73 Å². The third-order valence-corrected chi connectivity index (χ3v) is 5.37. The van der Waals surface area contributed by atoms with Crippen LogP contribution in [0.2, 0.25) is 0 Å². The third-order valence-electron chi connectivity index (χ3n) is 5.37. The number of amides is 2. The standard InChI is InChI=1S/C25H29N3O4/c1-14(2)19-11-18(7-9-22(19)32-17(5)29)13-28-16(4)10-20-21(8-6-15(3)25(20)28)27-24(31)12-23(26)30/h6-11,14H,12-13H2,1-5H3,(H2,26,30)(H,27,31). The first kappa shape index (κ1) is 23.1. The number of hydrogen-bond acceptors (Lipinski definition) is 4. The maximum absolute atomic E-state index is 12.1. The third kappa shape index (κ3) is 4.99. The van der Waals surface area contributed by atoms with Gasteiger partial charge in [0.15, 0.2) is 0 Å². The SMILES string of the molecule is CC(=O)Oc1ccc(Cn2c(C)cc3c(NC(=O)CC(N)=O)ccc(C)c32)cc1C(C)C. The molecule has 0 aliphatic carbocycles. The van der Waals surface area contributed by atoms with Gasteiger partial charge in [0.25, 0.3) is 0 Å². The molecule has 2 aromatic carbocycles. The molecule has 0 spiro atoms. The van der Waals surface area contributed by atoms with E-state index in [0.717, 1.165) is 33.3 Å². The van der Waals surface area contributed by atoms with Gasteiger partial charge in [-0.2, -0.15) is 0 Å². The summed E-state index contributed by atoms with van der Waals surface area (Å²) < 4.78 is 7.57. The van der Waals surface area contributed by atoms with Gasteiger partial charge in [-0.1, -0.05) is 32.0 Å². The van der Waals surface area contributed by atoms with Gasteiger partial charge >= 0.3 is 5.97 Å². The second-order valence-electron chi connectivity index (χ2n) is 8.38. The Balaban J connectivity index is 2.01. The first-order valence-electron chi connectivity index (χ1n) is 10.6. The molecule has 3 N–H and O–H groups in total. The molecule has 0 fully saturated rings. The number of fused-ring (bicyclic) bond motifs is 1. The zero-order valence-electron chi connectivity index (χ0n) is 19.1. The largest absolute Gasteiger partial charge is 0.426 e. The van der Waals surface area contributed by atoms with Crippen molar-refractivity contribution in [1.82, 2.24) is 4.57 Å². The molecule has 0 bridgehead atoms. The molecular weight excluding hydrogens is 406 g/mol. The number of ether oxygens (including phenoxy) is 1. The fourth-order valence-electron chi connectivity index (χ4n) is 3.93. The van der Waals surface area contributed by atoms with E-state index in [1.807, 2.05) is 44.2 Å². The number of nitrogens with one attached hydrogen (secondary N) is 1. The summed E-state index contributed by atoms with van der Waals surface area (Å²) in [6.07, 6.45) is -0.359. The summed E-state index contributed by atoms with van der Waals surface area (Å²) >= 11 is 0. The summed E-state index contributed by atoms with van der Waals surface area (Å²) in [5.41, 5.74) is 11.0. The summed E-state index contributed by atoms with van der Waals surface area (Å²) in [6.45, 7) is 10.2. The van der Waals surface area contributed by atoms with Crippen molar-refractivity contribution in [2.45, 2.75) is 53.5 Å². The van der Waals surface area contributed by atoms with Crippen molar-refractivity contribution >= 4 is 34.4 Å². The van der Waals surface area contributed by atoms with Crippen molar-refractivity contribution in [2.75, 3.05) is 5.32 Å². The van der Waals surface area contributed by atoms with Crippen LogP contribution in [0, 0.1) is 13.8 Å². The molecule has 7 nitrogen and oxygen atoms in total. The molecule has 0 atom stereocenters. The molecule has 0 aliphatic heterocycles. The highest BCUT2D eigenvalue weighted by molar-refractivity contribution is 6.08. The molecule has 3 rings (SSSR count). The van der Waals surface area contributed by atoms with E-state index < -0.39 is 11.8 Å². The van der Waals surface area contributed by atoms with Crippen LogP contribution in [0.5, 0.6) is 5.75 Å². The van der Waals surface area contributed by atoms with Crippen molar-refractivity contribution in [3.63, 3.8) is 0 Å². The quantitative estimate of drug-likeness (QED) is 0.330. The second kappa shape index (κ2) is 9.26. The number of aryl methyl sites for hydroxylation is 2. The van der Waals surface area contributed by atoms with Crippen LogP contribution in [0.1, 0.15) is 55.5 Å². The van der Waals surface area contributed by atoms with E-state index in [-0.39, 0.29) is 18.3 Å². The number of rotatable bonds is 7. The molecule has 0 aliphatic rings. The van der Waals surface area contributed by atoms with Crippen molar-refractivity contribution < 1.29 is 19.1 Å². The van der Waals surface area contributed by atoms with Gasteiger partial charge in [-0.05, 0) is 54.7 Å². The van der Waals surface area contributed by atoms with Gasteiger partial charge in [0.1, 0.15) is 12.2 Å². The van der Waals surface area contributed by atoms with E-state index >= 15 is 0 Å². The summed E-state index contributed by atoms with van der Waals surface area (Å²) in [4.78, 5) is 34.6. The predicted molar refractivity (Wildman–Crippen MR) is 125 cm³/mol. The molecule has 0 radical (unpaired) electrons. The Morgan fingerprint density at radius 2 is 1.81 bits per heavy atom. The van der Waals surface area contributed by atoms with Crippen LogP contribution in [-0.2, 0) is 20.9 Å². The number of nitrogens with two attached hydrogens (primary N) is 1. The Labute approximate surface area is 187 Å². The number of hydrogen-bond donors (Lipinski definition) is 2. The molecule has 32 heavy (non-hydrogen) atoms. The number of carbonyl (C=O) groups is 3. The maximum Gasteiger partial charge on any atom is 0.308 e. The van der Waals surface area contributed by atoms with E-state index in [4.69, 9.17) is 10.5 Å². The number of nitrogens with zero attached hydrogens (tertiary/aromatic N) is 1. The van der Waals surface area contributed by atoms with E-state index in [2.05, 4.69) is 29.8 Å². The molecule has 0 saturated heterocycles. The van der Waals surface area contributed by atoms with Crippen molar-refractivity contribution in [3.8, 4) is 5.75 Å². The molecule has 1 aromatic heterocycles. The molecule has 7 heteroatoms. The Kier molecular flexibility index (Phi) is 6.67. The number of esters is 1. The predicted octanol–water partition coefficient (Wildman–Crippen LogP) is 4.17. The van der Waals surface area contributed by atoms with E-state index in [1.54, 1.807) is 0 Å². The normalized spacial score (nSPS) is 11.1. The minimum absolute atomic E-state index is 0.195. The molecule has 3 aromatic rings. The lowest BCUT2D eigenvalue weighted by Gasteiger charge is -2.16. The van der Waals surface area contributed by atoms with Gasteiger partial charge in [0.2, 0.25) is 11.8 Å². The summed E-state index contributed by atoms with van der Waals surface area (Å²) in [5.74, 6) is -0.663. The van der Waals surface area contributed by atoms with Crippen LogP contribution in [0.4, 0.5) is 5.69 Å². The average molecular weight is 436 g/mol. The first-order valence-corrected chi connectivity index (χ1v) is 10.6. The van der Waals surface area contributed by atoms with Crippen molar-refractivity contribution in [3.05, 3.63) is 58.8 Å². The van der Waals surface area contributed by atoms with Gasteiger partial charge in [-0.25, -0.2) is 0 Å². The van der Waals surface area contributed by atoms with Crippen LogP contribution in [-0.4, -0.2) is 22.4 Å².